The van der Waals surface area contributed by atoms with Crippen LogP contribution in [0.1, 0.15) is 26.2 Å². The minimum Gasteiger partial charge on any atom is -0.393 e. The van der Waals surface area contributed by atoms with E-state index < -0.39 is 0 Å². The van der Waals surface area contributed by atoms with Crippen LogP contribution in [0.5, 0.6) is 0 Å². The van der Waals surface area contributed by atoms with Crippen molar-refractivity contribution in [1.82, 2.24) is 0 Å². The van der Waals surface area contributed by atoms with E-state index in [0.717, 1.165) is 6.42 Å². The number of rotatable bonds is 1. The summed E-state index contributed by atoms with van der Waals surface area (Å²) in [5.41, 5.74) is 0. The SMILES string of the molecule is CC(O)C1CCC(=O)C1. The summed E-state index contributed by atoms with van der Waals surface area (Å²) in [6, 6.07) is 0. The van der Waals surface area contributed by atoms with Crippen molar-refractivity contribution in [3.8, 4) is 0 Å². The van der Waals surface area contributed by atoms with E-state index in [-0.39, 0.29) is 12.0 Å². The highest BCUT2D eigenvalue weighted by Crippen LogP contribution is 2.24. The molecule has 1 aliphatic carbocycles. The van der Waals surface area contributed by atoms with Gasteiger partial charge < -0.3 is 5.11 Å². The second-order valence-corrected chi connectivity index (χ2v) is 2.78. The highest BCUT2D eigenvalue weighted by Gasteiger charge is 2.25. The fourth-order valence-corrected chi connectivity index (χ4v) is 1.25. The molecule has 0 heterocycles. The largest absolute Gasteiger partial charge is 0.393 e. The quantitative estimate of drug-likeness (QED) is 0.565. The Labute approximate surface area is 54.9 Å². The number of aliphatic hydroxyl groups excluding tert-OH is 1. The van der Waals surface area contributed by atoms with E-state index in [1.165, 1.54) is 0 Å². The van der Waals surface area contributed by atoms with Crippen molar-refractivity contribution < 1.29 is 9.90 Å². The van der Waals surface area contributed by atoms with E-state index in [4.69, 9.17) is 5.11 Å². The smallest absolute Gasteiger partial charge is 0.133 e. The van der Waals surface area contributed by atoms with Crippen LogP contribution in [0, 0.1) is 5.92 Å². The normalized spacial score (nSPS) is 30.9. The summed E-state index contributed by atoms with van der Waals surface area (Å²) >= 11 is 0. The fraction of sp³-hybridized carbons (Fsp3) is 0.857. The van der Waals surface area contributed by atoms with Crippen LogP contribution in [0.2, 0.25) is 0 Å². The van der Waals surface area contributed by atoms with Crippen LogP contribution in [-0.2, 0) is 4.79 Å². The van der Waals surface area contributed by atoms with Crippen LogP contribution in [0.4, 0.5) is 0 Å². The second kappa shape index (κ2) is 2.48. The molecular weight excluding hydrogens is 116 g/mol. The van der Waals surface area contributed by atoms with Crippen molar-refractivity contribution in [2.24, 2.45) is 5.92 Å². The third-order valence-corrected chi connectivity index (χ3v) is 1.97. The van der Waals surface area contributed by atoms with Gasteiger partial charge in [-0.05, 0) is 19.3 Å². The summed E-state index contributed by atoms with van der Waals surface area (Å²) < 4.78 is 0. The van der Waals surface area contributed by atoms with Crippen LogP contribution in [0.25, 0.3) is 0 Å². The minimum absolute atomic E-state index is 0.248. The van der Waals surface area contributed by atoms with Gasteiger partial charge in [-0.2, -0.15) is 0 Å². The molecule has 9 heavy (non-hydrogen) atoms. The van der Waals surface area contributed by atoms with E-state index in [9.17, 15) is 4.79 Å². The molecule has 0 aliphatic heterocycles. The van der Waals surface area contributed by atoms with Gasteiger partial charge in [-0.15, -0.1) is 0 Å². The Bertz CT molecular complexity index is 118. The van der Waals surface area contributed by atoms with Crippen molar-refractivity contribution in [2.75, 3.05) is 0 Å². The van der Waals surface area contributed by atoms with Gasteiger partial charge in [0.25, 0.3) is 0 Å². The van der Waals surface area contributed by atoms with Crippen LogP contribution < -0.4 is 0 Å². The molecule has 1 rings (SSSR count). The minimum atomic E-state index is -0.295. The molecule has 1 aliphatic rings. The second-order valence-electron chi connectivity index (χ2n) is 2.78. The van der Waals surface area contributed by atoms with Gasteiger partial charge >= 0.3 is 0 Å². The molecular formula is C7H12O2. The van der Waals surface area contributed by atoms with Crippen LogP contribution in [0.3, 0.4) is 0 Å². The summed E-state index contributed by atoms with van der Waals surface area (Å²) in [6.07, 6.45) is 1.86. The Morgan fingerprint density at radius 1 is 1.78 bits per heavy atom. The lowest BCUT2D eigenvalue weighted by Crippen LogP contribution is -2.12. The molecule has 2 atom stereocenters. The standard InChI is InChI=1S/C7H12O2/c1-5(8)6-2-3-7(9)4-6/h5-6,8H,2-4H2,1H3. The van der Waals surface area contributed by atoms with Crippen molar-refractivity contribution in [3.05, 3.63) is 0 Å². The van der Waals surface area contributed by atoms with Gasteiger partial charge in [0.15, 0.2) is 0 Å². The van der Waals surface area contributed by atoms with E-state index in [2.05, 4.69) is 0 Å². The monoisotopic (exact) mass is 128 g/mol. The highest BCUT2D eigenvalue weighted by molar-refractivity contribution is 5.80. The van der Waals surface area contributed by atoms with Crippen LogP contribution >= 0.6 is 0 Å². The summed E-state index contributed by atoms with van der Waals surface area (Å²) in [5.74, 6) is 0.554. The number of aliphatic hydroxyl groups is 1. The molecule has 0 bridgehead atoms. The van der Waals surface area contributed by atoms with Crippen molar-refractivity contribution in [3.63, 3.8) is 0 Å². The van der Waals surface area contributed by atoms with Gasteiger partial charge in [0.1, 0.15) is 5.78 Å². The summed E-state index contributed by atoms with van der Waals surface area (Å²) in [6.45, 7) is 1.75. The molecule has 2 nitrogen and oxygen atoms in total. The van der Waals surface area contributed by atoms with Crippen LogP contribution in [0.15, 0.2) is 0 Å². The zero-order valence-electron chi connectivity index (χ0n) is 5.63. The van der Waals surface area contributed by atoms with E-state index in [1.54, 1.807) is 6.92 Å². The Balaban J connectivity index is 2.39. The molecule has 2 heteroatoms. The predicted molar refractivity (Wildman–Crippen MR) is 34.0 cm³/mol. The molecule has 0 radical (unpaired) electrons. The summed E-state index contributed by atoms with van der Waals surface area (Å²) in [5, 5.41) is 9.02. The summed E-state index contributed by atoms with van der Waals surface area (Å²) in [7, 11) is 0. The lowest BCUT2D eigenvalue weighted by molar-refractivity contribution is -0.117. The molecule has 1 fully saturated rings. The van der Waals surface area contributed by atoms with Gasteiger partial charge in [0.2, 0.25) is 0 Å². The average molecular weight is 128 g/mol. The number of carbonyl (C=O) groups is 1. The molecule has 0 saturated heterocycles. The lowest BCUT2D eigenvalue weighted by atomic mass is 10.0. The average Bonchev–Trinajstić information content (AvgIpc) is 2.14. The Morgan fingerprint density at radius 2 is 2.44 bits per heavy atom. The van der Waals surface area contributed by atoms with Gasteiger partial charge in [0.05, 0.1) is 6.10 Å². The number of Topliss-reactive ketones (excluding diaryl/α,β-unsaturated/α-hetero) is 1. The number of carbonyl (C=O) groups excluding carboxylic acids is 1. The molecule has 1 N–H and O–H groups in total. The van der Waals surface area contributed by atoms with Crippen molar-refractivity contribution >= 4 is 5.78 Å². The van der Waals surface area contributed by atoms with Crippen molar-refractivity contribution in [2.45, 2.75) is 32.3 Å². The maximum atomic E-state index is 10.6. The zero-order valence-corrected chi connectivity index (χ0v) is 5.63. The first-order valence-electron chi connectivity index (χ1n) is 3.40. The highest BCUT2D eigenvalue weighted by atomic mass is 16.3. The van der Waals surface area contributed by atoms with Gasteiger partial charge in [-0.1, -0.05) is 0 Å². The lowest BCUT2D eigenvalue weighted by Gasteiger charge is -2.09. The molecule has 0 aromatic rings. The predicted octanol–water partition coefficient (Wildman–Crippen LogP) is 0.736. The van der Waals surface area contributed by atoms with Gasteiger partial charge in [0, 0.05) is 12.8 Å². The van der Waals surface area contributed by atoms with Crippen molar-refractivity contribution in [1.29, 1.82) is 0 Å². The Kier molecular flexibility index (Phi) is 1.86. The molecule has 2 unspecified atom stereocenters. The Hall–Kier alpha value is -0.370. The molecule has 0 aromatic heterocycles. The maximum absolute atomic E-state index is 10.6. The van der Waals surface area contributed by atoms with E-state index in [1.807, 2.05) is 0 Å². The molecule has 0 amide bonds. The maximum Gasteiger partial charge on any atom is 0.133 e. The number of hydrogen-bond donors (Lipinski definition) is 1. The first-order chi connectivity index (χ1) is 4.20. The molecule has 0 spiro atoms. The molecule has 1 saturated carbocycles. The molecule has 52 valence electrons. The number of ketones is 1. The van der Waals surface area contributed by atoms with E-state index >= 15 is 0 Å². The van der Waals surface area contributed by atoms with Gasteiger partial charge in [-0.3, -0.25) is 4.79 Å². The first-order valence-corrected chi connectivity index (χ1v) is 3.40. The van der Waals surface area contributed by atoms with Gasteiger partial charge in [-0.25, -0.2) is 0 Å². The fourth-order valence-electron chi connectivity index (χ4n) is 1.25. The third-order valence-electron chi connectivity index (χ3n) is 1.97. The summed E-state index contributed by atoms with van der Waals surface area (Å²) in [4.78, 5) is 10.6. The first kappa shape index (κ1) is 6.75. The van der Waals surface area contributed by atoms with Crippen LogP contribution in [-0.4, -0.2) is 17.0 Å². The Morgan fingerprint density at radius 3 is 2.67 bits per heavy atom. The topological polar surface area (TPSA) is 37.3 Å². The zero-order chi connectivity index (χ0) is 6.85. The third kappa shape index (κ3) is 1.52. The number of hydrogen-bond acceptors (Lipinski definition) is 2. The molecule has 0 aromatic carbocycles. The van der Waals surface area contributed by atoms with E-state index in [0.29, 0.717) is 18.6 Å².